The van der Waals surface area contributed by atoms with Crippen LogP contribution >= 0.6 is 7.60 Å². The van der Waals surface area contributed by atoms with E-state index < -0.39 is 7.60 Å². The van der Waals surface area contributed by atoms with Crippen molar-refractivity contribution in [3.8, 4) is 22.6 Å². The largest absolute Gasteiger partial charge is 0.494 e. The van der Waals surface area contributed by atoms with Crippen molar-refractivity contribution in [2.24, 2.45) is 0 Å². The smallest absolute Gasteiger partial charge is 0.325 e. The molecular formula is C23H33O6P. The summed E-state index contributed by atoms with van der Waals surface area (Å²) in [5, 5.41) is 0. The van der Waals surface area contributed by atoms with Crippen LogP contribution in [0.2, 0.25) is 0 Å². The lowest BCUT2D eigenvalue weighted by Gasteiger charge is -2.11. The Balaban J connectivity index is 1.70. The lowest BCUT2D eigenvalue weighted by molar-refractivity contribution is 0.0956. The van der Waals surface area contributed by atoms with Crippen LogP contribution < -0.4 is 9.47 Å². The Bertz CT molecular complexity index is 769. The summed E-state index contributed by atoms with van der Waals surface area (Å²) < 4.78 is 27.5. The molecular weight excluding hydrogens is 403 g/mol. The molecule has 0 aliphatic heterocycles. The van der Waals surface area contributed by atoms with Crippen LogP contribution in [0, 0.1) is 0 Å². The average molecular weight is 436 g/mol. The van der Waals surface area contributed by atoms with Gasteiger partial charge in [0.1, 0.15) is 11.5 Å². The van der Waals surface area contributed by atoms with Crippen molar-refractivity contribution in [2.75, 3.05) is 26.5 Å². The second-order valence-corrected chi connectivity index (χ2v) is 9.16. The molecule has 2 aromatic rings. The van der Waals surface area contributed by atoms with E-state index in [1.165, 1.54) is 0 Å². The first kappa shape index (κ1) is 24.4. The minimum Gasteiger partial charge on any atom is -0.494 e. The van der Waals surface area contributed by atoms with E-state index >= 15 is 0 Å². The van der Waals surface area contributed by atoms with E-state index in [-0.39, 0.29) is 12.3 Å². The molecule has 6 nitrogen and oxygen atoms in total. The van der Waals surface area contributed by atoms with E-state index in [2.05, 4.69) is 0 Å². The van der Waals surface area contributed by atoms with E-state index in [1.807, 2.05) is 55.5 Å². The summed E-state index contributed by atoms with van der Waals surface area (Å²) in [4.78, 5) is 17.6. The van der Waals surface area contributed by atoms with Crippen LogP contribution in [0.15, 0.2) is 48.5 Å². The number of hydrogen-bond acceptors (Lipinski definition) is 4. The van der Waals surface area contributed by atoms with Gasteiger partial charge in [0.15, 0.2) is 0 Å². The van der Waals surface area contributed by atoms with Crippen LogP contribution in [-0.2, 0) is 9.30 Å². The zero-order valence-electron chi connectivity index (χ0n) is 17.8. The Morgan fingerprint density at radius 2 is 1.30 bits per heavy atom. The Labute approximate surface area is 179 Å². The minimum atomic E-state index is -3.86. The first-order chi connectivity index (χ1) is 14.4. The number of methoxy groups -OCH3 is 1. The molecule has 7 heteroatoms. The minimum absolute atomic E-state index is 0.0323. The first-order valence-corrected chi connectivity index (χ1v) is 12.2. The topological polar surface area (TPSA) is 85.2 Å². The molecule has 0 aliphatic carbocycles. The number of rotatable bonds is 14. The molecule has 0 heterocycles. The van der Waals surface area contributed by atoms with Gasteiger partial charge in [-0.3, -0.25) is 4.57 Å². The van der Waals surface area contributed by atoms with Gasteiger partial charge in [0.05, 0.1) is 19.3 Å². The van der Waals surface area contributed by atoms with Gasteiger partial charge < -0.3 is 24.0 Å². The first-order valence-electron chi connectivity index (χ1n) is 10.4. The molecule has 166 valence electrons. The highest BCUT2D eigenvalue weighted by molar-refractivity contribution is 7.51. The summed E-state index contributed by atoms with van der Waals surface area (Å²) in [6.45, 7) is 3.25. The fraction of sp³-hybridized carbons (Fsp3) is 0.478. The van der Waals surface area contributed by atoms with E-state index in [0.29, 0.717) is 19.6 Å². The van der Waals surface area contributed by atoms with Crippen molar-refractivity contribution in [2.45, 2.75) is 45.1 Å². The van der Waals surface area contributed by atoms with Gasteiger partial charge in [0.2, 0.25) is 0 Å². The van der Waals surface area contributed by atoms with Crippen molar-refractivity contribution >= 4 is 7.60 Å². The fourth-order valence-corrected chi connectivity index (χ4v) is 3.55. The maximum absolute atomic E-state index is 10.8. The van der Waals surface area contributed by atoms with Crippen LogP contribution in [0.5, 0.6) is 11.5 Å². The lowest BCUT2D eigenvalue weighted by atomic mass is 10.1. The van der Waals surface area contributed by atoms with Crippen molar-refractivity contribution in [1.82, 2.24) is 0 Å². The van der Waals surface area contributed by atoms with Gasteiger partial charge in [-0.05, 0) is 55.2 Å². The zero-order valence-corrected chi connectivity index (χ0v) is 18.7. The molecule has 0 radical (unpaired) electrons. The van der Waals surface area contributed by atoms with Crippen LogP contribution in [-0.4, -0.2) is 42.4 Å². The average Bonchev–Trinajstić information content (AvgIpc) is 2.73. The number of benzene rings is 2. The molecule has 0 aromatic heterocycles. The van der Waals surface area contributed by atoms with Crippen molar-refractivity contribution < 1.29 is 28.6 Å². The van der Waals surface area contributed by atoms with Crippen LogP contribution in [0.1, 0.15) is 39.0 Å². The second-order valence-electron chi connectivity index (χ2n) is 7.38. The Hall–Kier alpha value is -1.85. The molecule has 2 rings (SSSR count). The van der Waals surface area contributed by atoms with Crippen molar-refractivity contribution in [1.29, 1.82) is 0 Å². The van der Waals surface area contributed by atoms with Crippen LogP contribution in [0.25, 0.3) is 11.1 Å². The molecule has 2 aromatic carbocycles. The van der Waals surface area contributed by atoms with E-state index in [1.54, 1.807) is 7.11 Å². The van der Waals surface area contributed by atoms with Gasteiger partial charge in [-0.1, -0.05) is 37.1 Å². The highest BCUT2D eigenvalue weighted by atomic mass is 31.2. The quantitative estimate of drug-likeness (QED) is 0.310. The summed E-state index contributed by atoms with van der Waals surface area (Å²) in [5.74, 6) is 1.67. The predicted molar refractivity (Wildman–Crippen MR) is 119 cm³/mol. The summed E-state index contributed by atoms with van der Waals surface area (Å²) in [7, 11) is -2.15. The van der Waals surface area contributed by atoms with Crippen molar-refractivity contribution in [3.05, 3.63) is 48.5 Å². The second kappa shape index (κ2) is 12.8. The molecule has 0 fully saturated rings. The normalized spacial score (nSPS) is 12.5. The number of ether oxygens (including phenoxy) is 3. The van der Waals surface area contributed by atoms with Gasteiger partial charge in [0.25, 0.3) is 0 Å². The maximum Gasteiger partial charge on any atom is 0.325 e. The SMILES string of the molecule is COC(C)CCOc1ccc(-c2ccc(OCCCCCCP(=O)(O)O)cc2)cc1. The number of hydrogen-bond donors (Lipinski definition) is 2. The Kier molecular flexibility index (Phi) is 10.4. The summed E-state index contributed by atoms with van der Waals surface area (Å²) in [6.07, 6.45) is 4.14. The molecule has 0 saturated carbocycles. The lowest BCUT2D eigenvalue weighted by Crippen LogP contribution is -2.10. The van der Waals surface area contributed by atoms with Crippen molar-refractivity contribution in [3.63, 3.8) is 0 Å². The molecule has 0 bridgehead atoms. The summed E-state index contributed by atoms with van der Waals surface area (Å²) in [6, 6.07) is 16.0. The van der Waals surface area contributed by atoms with Gasteiger partial charge in [-0.25, -0.2) is 0 Å². The third-order valence-electron chi connectivity index (χ3n) is 4.85. The van der Waals surface area contributed by atoms with E-state index in [4.69, 9.17) is 24.0 Å². The van der Waals surface area contributed by atoms with Crippen LogP contribution in [0.3, 0.4) is 0 Å². The summed E-state index contributed by atoms with van der Waals surface area (Å²) >= 11 is 0. The van der Waals surface area contributed by atoms with Crippen LogP contribution in [0.4, 0.5) is 0 Å². The van der Waals surface area contributed by atoms with Gasteiger partial charge in [-0.15, -0.1) is 0 Å². The fourth-order valence-electron chi connectivity index (χ4n) is 2.91. The molecule has 2 N–H and O–H groups in total. The van der Waals surface area contributed by atoms with Gasteiger partial charge in [-0.2, -0.15) is 0 Å². The molecule has 1 atom stereocenters. The molecule has 0 spiro atoms. The third kappa shape index (κ3) is 9.77. The third-order valence-corrected chi connectivity index (χ3v) is 5.75. The predicted octanol–water partition coefficient (Wildman–Crippen LogP) is 5.27. The Morgan fingerprint density at radius 1 is 0.800 bits per heavy atom. The van der Waals surface area contributed by atoms with E-state index in [0.717, 1.165) is 48.3 Å². The zero-order chi connectivity index (χ0) is 21.8. The Morgan fingerprint density at radius 3 is 1.80 bits per heavy atom. The van der Waals surface area contributed by atoms with Gasteiger partial charge >= 0.3 is 7.60 Å². The number of unbranched alkanes of at least 4 members (excludes halogenated alkanes) is 3. The molecule has 0 amide bonds. The molecule has 0 saturated heterocycles. The standard InChI is InChI=1S/C23H33O6P/c1-19(27-2)15-17-29-23-13-9-21(10-14-23)20-7-11-22(12-8-20)28-16-5-3-4-6-18-30(24,25)26/h7-14,19H,3-6,15-18H2,1-2H3,(H2,24,25,26). The van der Waals surface area contributed by atoms with Gasteiger partial charge in [0, 0.05) is 19.7 Å². The highest BCUT2D eigenvalue weighted by Crippen LogP contribution is 2.35. The molecule has 30 heavy (non-hydrogen) atoms. The van der Waals surface area contributed by atoms with E-state index in [9.17, 15) is 4.57 Å². The monoisotopic (exact) mass is 436 g/mol. The molecule has 1 unspecified atom stereocenters. The highest BCUT2D eigenvalue weighted by Gasteiger charge is 2.11. The maximum atomic E-state index is 10.8. The molecule has 0 aliphatic rings. The summed E-state index contributed by atoms with van der Waals surface area (Å²) in [5.41, 5.74) is 2.23.